The molecule has 45 heavy (non-hydrogen) atoms. The van der Waals surface area contributed by atoms with Crippen LogP contribution in [0.3, 0.4) is 0 Å². The number of benzene rings is 6. The zero-order valence-corrected chi connectivity index (χ0v) is 24.8. The Morgan fingerprint density at radius 3 is 2.20 bits per heavy atom. The Kier molecular flexibility index (Phi) is 6.14. The van der Waals surface area contributed by atoms with Gasteiger partial charge in [-0.2, -0.15) is 0 Å². The lowest BCUT2D eigenvalue weighted by Gasteiger charge is -2.36. The summed E-state index contributed by atoms with van der Waals surface area (Å²) in [6, 6.07) is 50.9. The summed E-state index contributed by atoms with van der Waals surface area (Å²) < 4.78 is 0. The van der Waals surface area contributed by atoms with E-state index in [0.29, 0.717) is 5.92 Å². The average molecular weight is 577 g/mol. The Morgan fingerprint density at radius 2 is 1.31 bits per heavy atom. The topological polar surface area (TPSA) is 24.1 Å². The van der Waals surface area contributed by atoms with Gasteiger partial charge in [0.15, 0.2) is 0 Å². The highest BCUT2D eigenvalue weighted by molar-refractivity contribution is 5.94. The van der Waals surface area contributed by atoms with Crippen LogP contribution in [-0.2, 0) is 0 Å². The van der Waals surface area contributed by atoms with E-state index in [0.717, 1.165) is 0 Å². The molecule has 0 spiro atoms. The van der Waals surface area contributed by atoms with Crippen molar-refractivity contribution >= 4 is 22.0 Å². The predicted octanol–water partition coefficient (Wildman–Crippen LogP) is 10.3. The van der Waals surface area contributed by atoms with E-state index in [4.69, 9.17) is 0 Å². The van der Waals surface area contributed by atoms with E-state index in [1.165, 1.54) is 72.1 Å². The Balaban J connectivity index is 1.24. The molecule has 3 atom stereocenters. The van der Waals surface area contributed by atoms with Gasteiger partial charge in [-0.05, 0) is 85.1 Å². The zero-order valence-electron chi connectivity index (χ0n) is 24.8. The molecule has 0 aromatic heterocycles. The summed E-state index contributed by atoms with van der Waals surface area (Å²) in [4.78, 5) is 0. The molecule has 2 nitrogen and oxygen atoms in total. The van der Waals surface area contributed by atoms with Crippen molar-refractivity contribution in [3.8, 4) is 11.1 Å². The van der Waals surface area contributed by atoms with Gasteiger partial charge >= 0.3 is 0 Å². The van der Waals surface area contributed by atoms with Crippen molar-refractivity contribution in [2.75, 3.05) is 5.32 Å². The third-order valence-corrected chi connectivity index (χ3v) is 9.59. The average Bonchev–Trinajstić information content (AvgIpc) is 3.46. The number of allylic oxidation sites excluding steroid dienone is 5. The first-order valence-corrected chi connectivity index (χ1v) is 15.8. The van der Waals surface area contributed by atoms with Gasteiger partial charge in [-0.1, -0.05) is 140 Å². The number of hydrogen-bond donors (Lipinski definition) is 2. The van der Waals surface area contributed by atoms with Crippen LogP contribution in [0.2, 0.25) is 0 Å². The minimum atomic E-state index is -0.0916. The van der Waals surface area contributed by atoms with Gasteiger partial charge in [0.25, 0.3) is 0 Å². The molecule has 0 bridgehead atoms. The largest absolute Gasteiger partial charge is 0.366 e. The highest BCUT2D eigenvalue weighted by Crippen LogP contribution is 2.49. The van der Waals surface area contributed by atoms with Crippen LogP contribution in [0.25, 0.3) is 27.5 Å². The summed E-state index contributed by atoms with van der Waals surface area (Å²) in [5, 5.41) is 10.5. The van der Waals surface area contributed by atoms with E-state index in [1.54, 1.807) is 0 Å². The first-order chi connectivity index (χ1) is 22.3. The fraction of sp³-hybridized carbons (Fsp3) is 0.0698. The number of rotatable bonds is 4. The maximum atomic E-state index is 4.05. The lowest BCUT2D eigenvalue weighted by molar-refractivity contribution is 0.509. The van der Waals surface area contributed by atoms with Crippen molar-refractivity contribution in [1.82, 2.24) is 5.32 Å². The van der Waals surface area contributed by atoms with Gasteiger partial charge in [0, 0.05) is 17.2 Å². The van der Waals surface area contributed by atoms with E-state index in [2.05, 4.69) is 174 Å². The fourth-order valence-electron chi connectivity index (χ4n) is 7.55. The molecule has 6 aromatic rings. The van der Waals surface area contributed by atoms with Crippen LogP contribution in [0.1, 0.15) is 51.5 Å². The normalized spacial score (nSPS) is 19.6. The van der Waals surface area contributed by atoms with Crippen molar-refractivity contribution < 1.29 is 0 Å². The molecule has 0 fully saturated rings. The van der Waals surface area contributed by atoms with E-state index in [9.17, 15) is 0 Å². The van der Waals surface area contributed by atoms with Gasteiger partial charge in [0.05, 0.1) is 6.04 Å². The summed E-state index contributed by atoms with van der Waals surface area (Å²) in [5.41, 5.74) is 14.1. The van der Waals surface area contributed by atoms with Crippen molar-refractivity contribution in [1.29, 1.82) is 0 Å². The number of fused-ring (bicyclic) bond motifs is 6. The SMILES string of the molecule is C1=CC2=C(c3cc(-c4ccccc4)cc(C4Nc5ccc6ccccc6c5C(c5ccccc5)N4)c3)c3ccccc3[C@@H]2C=C1. The predicted molar refractivity (Wildman–Crippen MR) is 187 cm³/mol. The quantitative estimate of drug-likeness (QED) is 0.218. The van der Waals surface area contributed by atoms with Gasteiger partial charge in [-0.25, -0.2) is 0 Å². The lowest BCUT2D eigenvalue weighted by atomic mass is 9.87. The van der Waals surface area contributed by atoms with Crippen LogP contribution >= 0.6 is 0 Å². The summed E-state index contributed by atoms with van der Waals surface area (Å²) in [5.74, 6) is 0.290. The smallest absolute Gasteiger partial charge is 0.104 e. The monoisotopic (exact) mass is 576 g/mol. The molecular formula is C43H32N2. The molecule has 9 rings (SSSR count). The van der Waals surface area contributed by atoms with Gasteiger partial charge in [0.2, 0.25) is 0 Å². The van der Waals surface area contributed by atoms with Crippen molar-refractivity contribution in [2.45, 2.75) is 18.1 Å². The molecule has 0 radical (unpaired) electrons. The van der Waals surface area contributed by atoms with Crippen molar-refractivity contribution in [3.05, 3.63) is 203 Å². The molecule has 2 aliphatic carbocycles. The molecule has 2 unspecified atom stereocenters. The molecule has 0 saturated carbocycles. The first kappa shape index (κ1) is 26.0. The van der Waals surface area contributed by atoms with E-state index in [-0.39, 0.29) is 12.2 Å². The molecule has 3 aliphatic rings. The van der Waals surface area contributed by atoms with Crippen LogP contribution in [0.15, 0.2) is 169 Å². The molecule has 0 saturated heterocycles. The Morgan fingerprint density at radius 1 is 0.556 bits per heavy atom. The molecule has 2 N–H and O–H groups in total. The highest BCUT2D eigenvalue weighted by atomic mass is 15.2. The maximum Gasteiger partial charge on any atom is 0.104 e. The van der Waals surface area contributed by atoms with Gasteiger partial charge in [-0.3, -0.25) is 5.32 Å². The molecule has 6 aromatic carbocycles. The standard InChI is InChI=1S/C43H32N2/c1-3-13-28(14-4-1)31-25-32(40-37-21-11-9-19-35(37)36-20-10-12-22-38(36)40)27-33(26-31)43-44-39-24-23-29-15-7-8-18-34(29)41(39)42(45-43)30-16-5-2-6-17-30/h1-27,35,42-45H/t35-,42?,43?/m0/s1. The zero-order chi connectivity index (χ0) is 29.7. The minimum absolute atomic E-state index is 0.0346. The molecule has 214 valence electrons. The summed E-state index contributed by atoms with van der Waals surface area (Å²) in [6.45, 7) is 0. The first-order valence-electron chi connectivity index (χ1n) is 15.8. The summed E-state index contributed by atoms with van der Waals surface area (Å²) >= 11 is 0. The Labute approximate surface area is 264 Å². The van der Waals surface area contributed by atoms with Crippen molar-refractivity contribution in [2.24, 2.45) is 0 Å². The van der Waals surface area contributed by atoms with Crippen molar-refractivity contribution in [3.63, 3.8) is 0 Å². The van der Waals surface area contributed by atoms with E-state index < -0.39 is 0 Å². The van der Waals surface area contributed by atoms with Crippen LogP contribution < -0.4 is 10.6 Å². The van der Waals surface area contributed by atoms with Crippen LogP contribution in [-0.4, -0.2) is 0 Å². The second-order valence-corrected chi connectivity index (χ2v) is 12.2. The van der Waals surface area contributed by atoms with Crippen LogP contribution in [0, 0.1) is 0 Å². The second-order valence-electron chi connectivity index (χ2n) is 12.2. The number of hydrogen-bond acceptors (Lipinski definition) is 2. The molecule has 1 aliphatic heterocycles. The summed E-state index contributed by atoms with van der Waals surface area (Å²) in [6.07, 6.45) is 8.90. The second kappa shape index (κ2) is 10.6. The molecule has 0 amide bonds. The summed E-state index contributed by atoms with van der Waals surface area (Å²) in [7, 11) is 0. The minimum Gasteiger partial charge on any atom is -0.366 e. The number of nitrogens with one attached hydrogen (secondary N) is 2. The Bertz CT molecular complexity index is 2170. The van der Waals surface area contributed by atoms with E-state index >= 15 is 0 Å². The third kappa shape index (κ3) is 4.37. The maximum absolute atomic E-state index is 4.05. The highest BCUT2D eigenvalue weighted by Gasteiger charge is 2.32. The lowest BCUT2D eigenvalue weighted by Crippen LogP contribution is -2.37. The number of anilines is 1. The molecule has 2 heteroatoms. The van der Waals surface area contributed by atoms with Gasteiger partial charge in [0.1, 0.15) is 6.17 Å². The third-order valence-electron chi connectivity index (χ3n) is 9.59. The van der Waals surface area contributed by atoms with Gasteiger partial charge < -0.3 is 5.32 Å². The van der Waals surface area contributed by atoms with Crippen LogP contribution in [0.5, 0.6) is 0 Å². The molecular weight excluding hydrogens is 544 g/mol. The van der Waals surface area contributed by atoms with E-state index in [1.807, 2.05) is 0 Å². The molecule has 1 heterocycles. The van der Waals surface area contributed by atoms with Crippen LogP contribution in [0.4, 0.5) is 5.69 Å². The van der Waals surface area contributed by atoms with Gasteiger partial charge in [-0.15, -0.1) is 0 Å². The Hall–Kier alpha value is -5.44. The fourth-order valence-corrected chi connectivity index (χ4v) is 7.55.